The van der Waals surface area contributed by atoms with E-state index in [1.54, 1.807) is 19.2 Å². The highest BCUT2D eigenvalue weighted by Gasteiger charge is 2.14. The topological polar surface area (TPSA) is 116 Å². The minimum absolute atomic E-state index is 0.0858. The van der Waals surface area contributed by atoms with E-state index in [4.69, 9.17) is 26.2 Å². The molecule has 0 saturated carbocycles. The van der Waals surface area contributed by atoms with Crippen molar-refractivity contribution in [3.05, 3.63) is 40.7 Å². The van der Waals surface area contributed by atoms with Crippen LogP contribution in [0.2, 0.25) is 5.02 Å². The number of benzene rings is 1. The number of nitrogens with one attached hydrogen (secondary N) is 1. The molecule has 0 aliphatic carbocycles. The van der Waals surface area contributed by atoms with E-state index >= 15 is 0 Å². The van der Waals surface area contributed by atoms with Gasteiger partial charge in [0.15, 0.2) is 0 Å². The number of aliphatic carboxylic acids is 1. The lowest BCUT2D eigenvalue weighted by molar-refractivity contribution is -0.137. The van der Waals surface area contributed by atoms with Crippen LogP contribution in [0, 0.1) is 0 Å². The minimum Gasteiger partial charge on any atom is -0.490 e. The summed E-state index contributed by atoms with van der Waals surface area (Å²) in [6, 6.07) is 4.73. The van der Waals surface area contributed by atoms with Crippen LogP contribution in [0.3, 0.4) is 0 Å². The molecule has 0 spiro atoms. The van der Waals surface area contributed by atoms with Crippen molar-refractivity contribution in [2.45, 2.75) is 13.1 Å². The number of hydrogen-bond acceptors (Lipinski definition) is 6. The molecule has 2 rings (SSSR count). The average Bonchev–Trinajstić information content (AvgIpc) is 3.00. The van der Waals surface area contributed by atoms with Gasteiger partial charge in [0.25, 0.3) is 5.91 Å². The van der Waals surface area contributed by atoms with Crippen LogP contribution in [-0.2, 0) is 22.6 Å². The number of aromatic nitrogens is 3. The molecule has 1 amide bonds. The first-order valence-electron chi connectivity index (χ1n) is 7.30. The van der Waals surface area contributed by atoms with Crippen molar-refractivity contribution in [3.63, 3.8) is 0 Å². The Hall–Kier alpha value is -2.65. The molecule has 0 fully saturated rings. The van der Waals surface area contributed by atoms with E-state index in [0.717, 1.165) is 0 Å². The molecule has 0 saturated heterocycles. The van der Waals surface area contributed by atoms with Crippen molar-refractivity contribution < 1.29 is 24.2 Å². The lowest BCUT2D eigenvalue weighted by Crippen LogP contribution is -2.24. The molecule has 1 aromatic carbocycles. The SMILES string of the molecule is COCCOc1ccc(Cl)cc1C(=O)NCc1cn(CC(=O)O)nn1. The Kier molecular flexibility index (Phi) is 6.72. The van der Waals surface area contributed by atoms with Gasteiger partial charge in [0, 0.05) is 12.1 Å². The highest BCUT2D eigenvalue weighted by atomic mass is 35.5. The van der Waals surface area contributed by atoms with Gasteiger partial charge < -0.3 is 19.9 Å². The van der Waals surface area contributed by atoms with Crippen molar-refractivity contribution in [2.24, 2.45) is 0 Å². The first kappa shape index (κ1) is 18.7. The van der Waals surface area contributed by atoms with Gasteiger partial charge in [-0.2, -0.15) is 0 Å². The van der Waals surface area contributed by atoms with Gasteiger partial charge >= 0.3 is 5.97 Å². The Labute approximate surface area is 148 Å². The van der Waals surface area contributed by atoms with Crippen molar-refractivity contribution in [1.82, 2.24) is 20.3 Å². The predicted octanol–water partition coefficient (Wildman–Crippen LogP) is 0.971. The summed E-state index contributed by atoms with van der Waals surface area (Å²) in [5.41, 5.74) is 0.708. The summed E-state index contributed by atoms with van der Waals surface area (Å²) in [6.45, 7) is 0.466. The van der Waals surface area contributed by atoms with E-state index in [9.17, 15) is 9.59 Å². The fourth-order valence-corrected chi connectivity index (χ4v) is 2.11. The van der Waals surface area contributed by atoms with Gasteiger partial charge in [-0.3, -0.25) is 9.59 Å². The van der Waals surface area contributed by atoms with E-state index in [1.165, 1.54) is 16.9 Å². The lowest BCUT2D eigenvalue weighted by atomic mass is 10.2. The third kappa shape index (κ3) is 5.73. The molecule has 0 unspecified atom stereocenters. The molecule has 0 bridgehead atoms. The standard InChI is InChI=1S/C15H17ClN4O5/c1-24-4-5-25-13-3-2-10(16)6-12(13)15(23)17-7-11-8-20(19-18-11)9-14(21)22/h2-3,6,8H,4-5,7,9H2,1H3,(H,17,23)(H,21,22). The van der Waals surface area contributed by atoms with E-state index < -0.39 is 11.9 Å². The third-order valence-electron chi connectivity index (χ3n) is 3.04. The molecular weight excluding hydrogens is 352 g/mol. The number of ether oxygens (including phenoxy) is 2. The second kappa shape index (κ2) is 9.00. The number of carbonyl (C=O) groups excluding carboxylic acids is 1. The first-order chi connectivity index (χ1) is 12.0. The molecule has 0 aliphatic rings. The van der Waals surface area contributed by atoms with E-state index in [0.29, 0.717) is 29.7 Å². The smallest absolute Gasteiger partial charge is 0.325 e. The van der Waals surface area contributed by atoms with Crippen LogP contribution in [0.25, 0.3) is 0 Å². The minimum atomic E-state index is -1.03. The molecule has 1 heterocycles. The van der Waals surface area contributed by atoms with Gasteiger partial charge in [0.05, 0.1) is 24.9 Å². The fraction of sp³-hybridized carbons (Fsp3) is 0.333. The van der Waals surface area contributed by atoms with Crippen LogP contribution >= 0.6 is 11.6 Å². The van der Waals surface area contributed by atoms with Crippen LogP contribution in [0.4, 0.5) is 0 Å². The van der Waals surface area contributed by atoms with Gasteiger partial charge in [-0.1, -0.05) is 16.8 Å². The first-order valence-corrected chi connectivity index (χ1v) is 7.67. The maximum absolute atomic E-state index is 12.4. The number of rotatable bonds is 9. The molecule has 2 N–H and O–H groups in total. The van der Waals surface area contributed by atoms with E-state index in [-0.39, 0.29) is 18.7 Å². The Balaban J connectivity index is 2.01. The van der Waals surface area contributed by atoms with Gasteiger partial charge in [0.2, 0.25) is 0 Å². The zero-order chi connectivity index (χ0) is 18.2. The van der Waals surface area contributed by atoms with Crippen molar-refractivity contribution in [1.29, 1.82) is 0 Å². The monoisotopic (exact) mass is 368 g/mol. The number of hydrogen-bond donors (Lipinski definition) is 2. The summed E-state index contributed by atoms with van der Waals surface area (Å²) in [5, 5.41) is 19.2. The maximum Gasteiger partial charge on any atom is 0.325 e. The number of nitrogens with zero attached hydrogens (tertiary/aromatic N) is 3. The van der Waals surface area contributed by atoms with Gasteiger partial charge in [0.1, 0.15) is 24.6 Å². The number of halogens is 1. The largest absolute Gasteiger partial charge is 0.490 e. The number of carboxylic acids is 1. The van der Waals surface area contributed by atoms with Crippen molar-refractivity contribution in [3.8, 4) is 5.75 Å². The molecule has 0 atom stereocenters. The summed E-state index contributed by atoms with van der Waals surface area (Å²) in [5.74, 6) is -1.05. The Bertz CT molecular complexity index is 749. The summed E-state index contributed by atoms with van der Waals surface area (Å²) >= 11 is 5.95. The summed E-state index contributed by atoms with van der Waals surface area (Å²) in [6.07, 6.45) is 1.45. The summed E-state index contributed by atoms with van der Waals surface area (Å²) in [7, 11) is 1.55. The van der Waals surface area contributed by atoms with Crippen LogP contribution in [0.5, 0.6) is 5.75 Å². The number of carbonyl (C=O) groups is 2. The van der Waals surface area contributed by atoms with Crippen molar-refractivity contribution in [2.75, 3.05) is 20.3 Å². The molecule has 0 aliphatic heterocycles. The second-order valence-corrected chi connectivity index (χ2v) is 5.40. The van der Waals surface area contributed by atoms with Crippen LogP contribution in [0.15, 0.2) is 24.4 Å². The highest BCUT2D eigenvalue weighted by Crippen LogP contribution is 2.23. The van der Waals surface area contributed by atoms with Crippen LogP contribution in [0.1, 0.15) is 16.1 Å². The highest BCUT2D eigenvalue weighted by molar-refractivity contribution is 6.31. The van der Waals surface area contributed by atoms with Gasteiger partial charge in [-0.05, 0) is 18.2 Å². The molecule has 0 radical (unpaired) electrons. The number of carboxylic acid groups (broad SMARTS) is 1. The Morgan fingerprint density at radius 2 is 2.16 bits per heavy atom. The fourth-order valence-electron chi connectivity index (χ4n) is 1.94. The molecular formula is C15H17ClN4O5. The zero-order valence-electron chi connectivity index (χ0n) is 13.4. The maximum atomic E-state index is 12.4. The molecule has 25 heavy (non-hydrogen) atoms. The van der Waals surface area contributed by atoms with Crippen LogP contribution in [-0.4, -0.2) is 52.3 Å². The molecule has 2 aromatic rings. The third-order valence-corrected chi connectivity index (χ3v) is 3.28. The molecule has 10 heteroatoms. The van der Waals surface area contributed by atoms with Gasteiger partial charge in [-0.15, -0.1) is 5.10 Å². The summed E-state index contributed by atoms with van der Waals surface area (Å²) in [4.78, 5) is 23.0. The average molecular weight is 369 g/mol. The van der Waals surface area contributed by atoms with Crippen LogP contribution < -0.4 is 10.1 Å². The number of amides is 1. The predicted molar refractivity (Wildman–Crippen MR) is 87.7 cm³/mol. The normalized spacial score (nSPS) is 10.5. The number of methoxy groups -OCH3 is 1. The Morgan fingerprint density at radius 1 is 1.36 bits per heavy atom. The quantitative estimate of drug-likeness (QED) is 0.633. The van der Waals surface area contributed by atoms with Crippen molar-refractivity contribution >= 4 is 23.5 Å². The van der Waals surface area contributed by atoms with E-state index in [1.807, 2.05) is 0 Å². The second-order valence-electron chi connectivity index (χ2n) is 4.97. The molecule has 9 nitrogen and oxygen atoms in total. The lowest BCUT2D eigenvalue weighted by Gasteiger charge is -2.11. The van der Waals surface area contributed by atoms with Gasteiger partial charge in [-0.25, -0.2) is 4.68 Å². The molecule has 1 aromatic heterocycles. The molecule has 134 valence electrons. The van der Waals surface area contributed by atoms with E-state index in [2.05, 4.69) is 15.6 Å². The zero-order valence-corrected chi connectivity index (χ0v) is 14.2. The Morgan fingerprint density at radius 3 is 2.88 bits per heavy atom. The summed E-state index contributed by atoms with van der Waals surface area (Å²) < 4.78 is 11.6.